The number of ketones is 1. The molecule has 0 atom stereocenters. The van der Waals surface area contributed by atoms with E-state index in [9.17, 15) is 4.79 Å². The molecule has 3 nitrogen and oxygen atoms in total. The van der Waals surface area contributed by atoms with Crippen LogP contribution in [0.25, 0.3) is 11.4 Å². The lowest BCUT2D eigenvalue weighted by Gasteiger charge is -1.95. The highest BCUT2D eigenvalue weighted by Crippen LogP contribution is 2.30. The van der Waals surface area contributed by atoms with Gasteiger partial charge in [-0.05, 0) is 5.56 Å². The average Bonchev–Trinajstić information content (AvgIpc) is 2.73. The predicted octanol–water partition coefficient (Wildman–Crippen LogP) is 2.11. The highest BCUT2D eigenvalue weighted by molar-refractivity contribution is 5.92. The normalized spacial score (nSPS) is 12.3. The smallest absolute Gasteiger partial charge is 0.179 e. The Bertz CT molecular complexity index is 554. The second kappa shape index (κ2) is 2.79. The van der Waals surface area contributed by atoms with Crippen LogP contribution >= 0.6 is 0 Å². The Morgan fingerprint density at radius 2 is 2.20 bits per heavy atom. The minimum atomic E-state index is 0.0226. The lowest BCUT2D eigenvalue weighted by Crippen LogP contribution is -1.93. The first-order valence-electron chi connectivity index (χ1n) is 4.92. The van der Waals surface area contributed by atoms with Crippen LogP contribution in [0.15, 0.2) is 30.5 Å². The van der Waals surface area contributed by atoms with Gasteiger partial charge < -0.3 is 4.57 Å². The van der Waals surface area contributed by atoms with Gasteiger partial charge in [0.25, 0.3) is 0 Å². The van der Waals surface area contributed by atoms with Gasteiger partial charge in [0.15, 0.2) is 5.78 Å². The Balaban J connectivity index is 2.19. The van der Waals surface area contributed by atoms with Crippen molar-refractivity contribution in [3.8, 4) is 11.4 Å². The number of hydrogen-bond acceptors (Lipinski definition) is 2. The highest BCUT2D eigenvalue weighted by atomic mass is 16.1. The molecule has 0 bridgehead atoms. The Kier molecular flexibility index (Phi) is 1.57. The van der Waals surface area contributed by atoms with E-state index in [4.69, 9.17) is 0 Å². The molecule has 2 aromatic rings. The number of fused-ring (bicyclic) bond motifs is 3. The van der Waals surface area contributed by atoms with E-state index in [-0.39, 0.29) is 5.78 Å². The molecule has 1 aliphatic heterocycles. The van der Waals surface area contributed by atoms with E-state index in [2.05, 4.69) is 11.1 Å². The van der Waals surface area contributed by atoms with E-state index in [1.54, 1.807) is 6.92 Å². The zero-order valence-corrected chi connectivity index (χ0v) is 8.40. The van der Waals surface area contributed by atoms with Crippen LogP contribution < -0.4 is 0 Å². The summed E-state index contributed by atoms with van der Waals surface area (Å²) < 4.78 is 2.03. The minimum absolute atomic E-state index is 0.0226. The van der Waals surface area contributed by atoms with E-state index in [1.807, 2.05) is 29.0 Å². The largest absolute Gasteiger partial charge is 0.326 e. The molecule has 0 unspecified atom stereocenters. The summed E-state index contributed by atoms with van der Waals surface area (Å²) in [6.07, 6.45) is 1.83. The van der Waals surface area contributed by atoms with Crippen LogP contribution in [0.5, 0.6) is 0 Å². The Morgan fingerprint density at radius 3 is 3.00 bits per heavy atom. The molecule has 0 fully saturated rings. The number of Topliss-reactive ketones (excluding diaryl/α,β-unsaturated/α-hetero) is 1. The first-order chi connectivity index (χ1) is 7.25. The van der Waals surface area contributed by atoms with Gasteiger partial charge in [0.1, 0.15) is 11.5 Å². The van der Waals surface area contributed by atoms with Crippen LogP contribution in [0.1, 0.15) is 23.0 Å². The molecule has 2 heterocycles. The van der Waals surface area contributed by atoms with Gasteiger partial charge in [-0.15, -0.1) is 0 Å². The molecule has 0 spiro atoms. The number of carbonyl (C=O) groups is 1. The third-order valence-corrected chi connectivity index (χ3v) is 2.74. The van der Waals surface area contributed by atoms with E-state index in [0.717, 1.165) is 17.9 Å². The molecular weight excluding hydrogens is 188 g/mol. The number of imidazole rings is 1. The number of nitrogens with zero attached hydrogens (tertiary/aromatic N) is 2. The SMILES string of the molecule is CC(=O)c1cn2c(n1)-c1ccccc1C2. The van der Waals surface area contributed by atoms with Gasteiger partial charge in [-0.25, -0.2) is 4.98 Å². The number of aromatic nitrogens is 2. The number of benzene rings is 1. The molecule has 1 aromatic heterocycles. The van der Waals surface area contributed by atoms with Crippen LogP contribution in [0.3, 0.4) is 0 Å². The standard InChI is InChI=1S/C12H10N2O/c1-8(15)11-7-14-6-9-4-2-3-5-10(9)12(14)13-11/h2-5,7H,6H2,1H3. The molecule has 0 amide bonds. The summed E-state index contributed by atoms with van der Waals surface area (Å²) in [7, 11) is 0. The summed E-state index contributed by atoms with van der Waals surface area (Å²) in [5.41, 5.74) is 2.97. The molecule has 3 rings (SSSR count). The maximum absolute atomic E-state index is 11.2. The van der Waals surface area contributed by atoms with Crippen molar-refractivity contribution in [2.75, 3.05) is 0 Å². The summed E-state index contributed by atoms with van der Waals surface area (Å²) in [5.74, 6) is 0.935. The molecule has 0 radical (unpaired) electrons. The first kappa shape index (κ1) is 8.41. The Labute approximate surface area is 87.4 Å². The van der Waals surface area contributed by atoms with Gasteiger partial charge >= 0.3 is 0 Å². The molecular formula is C12H10N2O. The predicted molar refractivity (Wildman–Crippen MR) is 56.8 cm³/mol. The molecule has 0 saturated carbocycles. The van der Waals surface area contributed by atoms with E-state index >= 15 is 0 Å². The highest BCUT2D eigenvalue weighted by Gasteiger charge is 2.21. The van der Waals surface area contributed by atoms with Crippen LogP contribution in [-0.4, -0.2) is 15.3 Å². The van der Waals surface area contributed by atoms with Crippen molar-refractivity contribution in [2.24, 2.45) is 0 Å². The van der Waals surface area contributed by atoms with Crippen molar-refractivity contribution >= 4 is 5.78 Å². The Hall–Kier alpha value is -1.90. The summed E-state index contributed by atoms with van der Waals surface area (Å²) in [6.45, 7) is 2.37. The number of carbonyl (C=O) groups excluding carboxylic acids is 1. The maximum Gasteiger partial charge on any atom is 0.179 e. The zero-order valence-electron chi connectivity index (χ0n) is 8.40. The molecule has 0 N–H and O–H groups in total. The fourth-order valence-electron chi connectivity index (χ4n) is 1.98. The van der Waals surface area contributed by atoms with Gasteiger partial charge in [0.05, 0.1) is 0 Å². The van der Waals surface area contributed by atoms with Crippen molar-refractivity contribution < 1.29 is 4.79 Å². The topological polar surface area (TPSA) is 34.9 Å². The van der Waals surface area contributed by atoms with Crippen LogP contribution in [-0.2, 0) is 6.54 Å². The van der Waals surface area contributed by atoms with Crippen molar-refractivity contribution in [1.29, 1.82) is 0 Å². The van der Waals surface area contributed by atoms with Gasteiger partial charge in [-0.3, -0.25) is 4.79 Å². The summed E-state index contributed by atoms with van der Waals surface area (Å²) in [5, 5.41) is 0. The number of hydrogen-bond donors (Lipinski definition) is 0. The van der Waals surface area contributed by atoms with Crippen molar-refractivity contribution in [3.63, 3.8) is 0 Å². The molecule has 15 heavy (non-hydrogen) atoms. The average molecular weight is 198 g/mol. The van der Waals surface area contributed by atoms with E-state index < -0.39 is 0 Å². The van der Waals surface area contributed by atoms with Crippen LogP contribution in [0.2, 0.25) is 0 Å². The van der Waals surface area contributed by atoms with Gasteiger partial charge in [-0.1, -0.05) is 24.3 Å². The van der Waals surface area contributed by atoms with Crippen LogP contribution in [0.4, 0.5) is 0 Å². The van der Waals surface area contributed by atoms with E-state index in [0.29, 0.717) is 5.69 Å². The van der Waals surface area contributed by atoms with Gasteiger partial charge in [0, 0.05) is 25.2 Å². The lowest BCUT2D eigenvalue weighted by molar-refractivity contribution is 0.101. The third kappa shape index (κ3) is 1.13. The van der Waals surface area contributed by atoms with Gasteiger partial charge in [0.2, 0.25) is 0 Å². The summed E-state index contributed by atoms with van der Waals surface area (Å²) in [6, 6.07) is 8.16. The fraction of sp³-hybridized carbons (Fsp3) is 0.167. The second-order valence-corrected chi connectivity index (χ2v) is 3.79. The lowest BCUT2D eigenvalue weighted by atomic mass is 10.1. The molecule has 0 aliphatic carbocycles. The maximum atomic E-state index is 11.2. The molecule has 74 valence electrons. The van der Waals surface area contributed by atoms with Gasteiger partial charge in [-0.2, -0.15) is 0 Å². The summed E-state index contributed by atoms with van der Waals surface area (Å²) >= 11 is 0. The fourth-order valence-corrected chi connectivity index (χ4v) is 1.98. The third-order valence-electron chi connectivity index (χ3n) is 2.74. The quantitative estimate of drug-likeness (QED) is 0.561. The molecule has 1 aromatic carbocycles. The van der Waals surface area contributed by atoms with Crippen LogP contribution in [0, 0.1) is 0 Å². The van der Waals surface area contributed by atoms with Crippen molar-refractivity contribution in [2.45, 2.75) is 13.5 Å². The summed E-state index contributed by atoms with van der Waals surface area (Å²) in [4.78, 5) is 15.5. The van der Waals surface area contributed by atoms with Crippen molar-refractivity contribution in [3.05, 3.63) is 41.7 Å². The zero-order chi connectivity index (χ0) is 10.4. The molecule has 1 aliphatic rings. The molecule has 3 heteroatoms. The first-order valence-corrected chi connectivity index (χ1v) is 4.92. The second-order valence-electron chi connectivity index (χ2n) is 3.79. The Morgan fingerprint density at radius 1 is 1.40 bits per heavy atom. The minimum Gasteiger partial charge on any atom is -0.326 e. The van der Waals surface area contributed by atoms with Crippen molar-refractivity contribution in [1.82, 2.24) is 9.55 Å². The monoisotopic (exact) mass is 198 g/mol. The number of rotatable bonds is 1. The van der Waals surface area contributed by atoms with E-state index in [1.165, 1.54) is 5.56 Å². The molecule has 0 saturated heterocycles.